The summed E-state index contributed by atoms with van der Waals surface area (Å²) in [5.41, 5.74) is 2.14. The molecule has 64 heavy (non-hydrogen) atoms. The third kappa shape index (κ3) is 21.8. The number of carboxylic acid groups (broad SMARTS) is 4. The van der Waals surface area contributed by atoms with Crippen molar-refractivity contribution in [1.82, 2.24) is 61.1 Å². The lowest BCUT2D eigenvalue weighted by Gasteiger charge is -2.18. The van der Waals surface area contributed by atoms with Crippen molar-refractivity contribution in [2.24, 2.45) is 0 Å². The van der Waals surface area contributed by atoms with Gasteiger partial charge >= 0.3 is 11.9 Å². The molecule has 30 heteroatoms. The molecule has 0 aliphatic heterocycles. The molecule has 4 aromatic heterocycles. The van der Waals surface area contributed by atoms with Crippen LogP contribution in [0.3, 0.4) is 0 Å². The van der Waals surface area contributed by atoms with Gasteiger partial charge in [-0.3, -0.25) is 24.0 Å². The van der Waals surface area contributed by atoms with Crippen molar-refractivity contribution in [2.75, 3.05) is 0 Å². The van der Waals surface area contributed by atoms with E-state index in [1.807, 2.05) is 0 Å². The Balaban J connectivity index is 0.000000997. The van der Waals surface area contributed by atoms with E-state index in [-0.39, 0.29) is 55.6 Å². The fourth-order valence-corrected chi connectivity index (χ4v) is 7.62. The van der Waals surface area contributed by atoms with Gasteiger partial charge in [-0.25, -0.2) is 29.5 Å². The molecule has 0 aliphatic carbocycles. The molecule has 10 N–H and O–H groups in total. The van der Waals surface area contributed by atoms with Gasteiger partial charge in [0.15, 0.2) is 5.12 Å². The monoisotopic (exact) mass is 994 g/mol. The first-order valence-electron chi connectivity index (χ1n) is 17.7. The van der Waals surface area contributed by atoms with Crippen molar-refractivity contribution in [3.8, 4) is 0 Å². The minimum atomic E-state index is -1.39. The number of halogens is 2. The van der Waals surface area contributed by atoms with E-state index >= 15 is 0 Å². The molecular formula is C34H44Cl2N12O13S3-2. The van der Waals surface area contributed by atoms with Gasteiger partial charge in [0.2, 0.25) is 23.6 Å². The number of nitrogens with zero attached hydrogens (tertiary/aromatic N) is 4. The number of carbonyl (C=O) groups is 9. The van der Waals surface area contributed by atoms with E-state index in [1.165, 1.54) is 87.7 Å². The molecule has 25 nitrogen and oxygen atoms in total. The van der Waals surface area contributed by atoms with Crippen molar-refractivity contribution in [1.29, 1.82) is 0 Å². The number of aromatic amines is 4. The summed E-state index contributed by atoms with van der Waals surface area (Å²) in [4.78, 5) is 126. The first-order valence-corrected chi connectivity index (χ1v) is 20.7. The Morgan fingerprint density at radius 1 is 0.547 bits per heavy atom. The van der Waals surface area contributed by atoms with Gasteiger partial charge in [0.05, 0.1) is 66.4 Å². The molecule has 4 rings (SSSR count). The van der Waals surface area contributed by atoms with Crippen LogP contribution in [0.2, 0.25) is 0 Å². The standard InChI is InChI=1S/C16H20N6O6S2.C10H13N3O4S.C8H11N3O3.2ClH/c1-7(23)21-11(15(25)26)3-9-13(19-5-17-9)29-30-14-10(18-6-20-14)4-12(16(27)28)22-8(2)24;1-5(14)13-8(10(16)17)3-7-9(12-4-11-7)18-6(2)15;1-5(12)11-7(8(13)14)2-6-3-9-4-10-6;;/h5-6,11-12H,3-4H2,1-2H3,(H,17,19)(H,18,20)(H,21,23)(H,22,24)(H,25,26)(H,27,28);4,8H,3H2,1-2H3,(H,11,12)(H,13,14)(H,16,17);3-4,7H,2H2,1H3,(H,9,10)(H,11,12)(H,13,14);2*1H/p-2/t11-,12-;8-;7-;;/m000../s1. The normalized spacial score (nSPS) is 12.0. The molecule has 0 aliphatic rings. The molecule has 0 radical (unpaired) electrons. The second kappa shape index (κ2) is 29.3. The Labute approximate surface area is 387 Å². The zero-order valence-corrected chi connectivity index (χ0v) is 38.3. The van der Waals surface area contributed by atoms with Crippen LogP contribution in [0, 0.1) is 0 Å². The summed E-state index contributed by atoms with van der Waals surface area (Å²) in [5, 5.41) is 50.5. The third-order valence-electron chi connectivity index (χ3n) is 7.36. The molecule has 0 bridgehead atoms. The molecule has 0 aromatic carbocycles. The number of H-pyrrole nitrogens is 4. The van der Waals surface area contributed by atoms with E-state index in [0.29, 0.717) is 37.9 Å². The Bertz CT molecular complexity index is 2110. The first-order chi connectivity index (χ1) is 29.2. The van der Waals surface area contributed by atoms with Crippen LogP contribution in [-0.2, 0) is 68.8 Å². The Hall–Kier alpha value is -6.10. The number of hydrogen-bond acceptors (Lipinski definition) is 18. The number of amides is 4. The topological polar surface area (TPSA) is 403 Å². The molecule has 4 atom stereocenters. The average molecular weight is 996 g/mol. The quantitative estimate of drug-likeness (QED) is 0.0341. The van der Waals surface area contributed by atoms with E-state index in [1.54, 1.807) is 0 Å². The highest BCUT2D eigenvalue weighted by Gasteiger charge is 2.24. The molecule has 4 heterocycles. The summed E-state index contributed by atoms with van der Waals surface area (Å²) < 4.78 is 0. The molecule has 4 aromatic rings. The maximum atomic E-state index is 11.3. The molecule has 352 valence electrons. The van der Waals surface area contributed by atoms with Crippen LogP contribution in [0.5, 0.6) is 0 Å². The van der Waals surface area contributed by atoms with Crippen LogP contribution in [0.25, 0.3) is 0 Å². The Morgan fingerprint density at radius 3 is 1.22 bits per heavy atom. The van der Waals surface area contributed by atoms with Crippen molar-refractivity contribution in [3.05, 3.63) is 54.3 Å². The summed E-state index contributed by atoms with van der Waals surface area (Å²) in [5.74, 6) is -6.83. The van der Waals surface area contributed by atoms with E-state index < -0.39 is 71.7 Å². The number of nitrogens with one attached hydrogen (secondary N) is 8. The molecular weight excluding hydrogens is 952 g/mol. The predicted molar refractivity (Wildman–Crippen MR) is 228 cm³/mol. The summed E-state index contributed by atoms with van der Waals surface area (Å²) in [6.07, 6.45) is 7.26. The van der Waals surface area contributed by atoms with Crippen LogP contribution in [0.15, 0.2) is 46.6 Å². The van der Waals surface area contributed by atoms with Gasteiger partial charge in [-0.2, -0.15) is 0 Å². The maximum Gasteiger partial charge on any atom is 0.326 e. The van der Waals surface area contributed by atoms with Crippen LogP contribution >= 0.6 is 58.2 Å². The largest absolute Gasteiger partial charge is 0.548 e. The smallest absolute Gasteiger partial charge is 0.326 e. The molecule has 0 saturated carbocycles. The first kappa shape index (κ1) is 57.9. The molecule has 0 unspecified atom stereocenters. The number of carboxylic acids is 4. The fourth-order valence-electron chi connectivity index (χ4n) is 4.81. The number of carbonyl (C=O) groups excluding carboxylic acids is 7. The maximum absolute atomic E-state index is 11.3. The van der Waals surface area contributed by atoms with E-state index in [0.717, 1.165) is 11.8 Å². The van der Waals surface area contributed by atoms with Crippen LogP contribution < -0.4 is 31.5 Å². The zero-order valence-electron chi connectivity index (χ0n) is 34.2. The van der Waals surface area contributed by atoms with Gasteiger partial charge in [-0.15, -0.1) is 24.8 Å². The Kier molecular flexibility index (Phi) is 26.5. The molecule has 4 amide bonds. The minimum absolute atomic E-state index is 0. The second-order valence-electron chi connectivity index (χ2n) is 12.5. The highest BCUT2D eigenvalue weighted by Crippen LogP contribution is 2.38. The average Bonchev–Trinajstić information content (AvgIpc) is 4.00. The summed E-state index contributed by atoms with van der Waals surface area (Å²) in [7, 11) is 2.40. The third-order valence-corrected chi connectivity index (χ3v) is 10.5. The molecule has 0 saturated heterocycles. The Morgan fingerprint density at radius 2 is 0.891 bits per heavy atom. The van der Waals surface area contributed by atoms with E-state index in [9.17, 15) is 63.6 Å². The predicted octanol–water partition coefficient (Wildman–Crippen LogP) is -1.91. The molecule has 0 fully saturated rings. The second-order valence-corrected chi connectivity index (χ2v) is 15.8. The minimum Gasteiger partial charge on any atom is -0.548 e. The van der Waals surface area contributed by atoms with Gasteiger partial charge in [0.25, 0.3) is 0 Å². The van der Waals surface area contributed by atoms with E-state index in [4.69, 9.17) is 0 Å². The number of rotatable bonds is 20. The van der Waals surface area contributed by atoms with Crippen molar-refractivity contribution >= 4 is 111 Å². The molecule has 0 spiro atoms. The van der Waals surface area contributed by atoms with Crippen molar-refractivity contribution in [3.63, 3.8) is 0 Å². The van der Waals surface area contributed by atoms with Crippen LogP contribution in [-0.4, -0.2) is 127 Å². The highest BCUT2D eigenvalue weighted by atomic mass is 35.5. The van der Waals surface area contributed by atoms with Gasteiger partial charge < -0.3 is 71.2 Å². The summed E-state index contributed by atoms with van der Waals surface area (Å²) in [6, 6.07) is -4.40. The summed E-state index contributed by atoms with van der Waals surface area (Å²) >= 11 is 0.897. The summed E-state index contributed by atoms with van der Waals surface area (Å²) in [6.45, 7) is 6.32. The van der Waals surface area contributed by atoms with Gasteiger partial charge in [-0.05, 0) is 33.3 Å². The van der Waals surface area contributed by atoms with Gasteiger partial charge in [0.1, 0.15) is 27.2 Å². The number of aliphatic carboxylic acids is 4. The SMILES string of the molecule is CC(=O)N[C@@H](Cc1[nH]cnc1SC(C)=O)C(=O)[O-].CC(=O)N[C@@H](Cc1[nH]cnc1SSc1nc[nH]c1C[C@H](NC(C)=O)C(=O)O)C(=O)O.CC(=O)N[C@@H](Cc1cnc[nH]1)C(=O)[O-].Cl.Cl. The van der Waals surface area contributed by atoms with Crippen LogP contribution in [0.1, 0.15) is 57.4 Å². The van der Waals surface area contributed by atoms with Crippen molar-refractivity contribution < 1.29 is 63.6 Å². The van der Waals surface area contributed by atoms with Crippen molar-refractivity contribution in [2.45, 2.75) is 99.5 Å². The fraction of sp³-hybridized carbons (Fsp3) is 0.382. The number of imidazole rings is 4. The zero-order chi connectivity index (χ0) is 46.5. The lowest BCUT2D eigenvalue weighted by Crippen LogP contribution is -2.48. The number of aromatic nitrogens is 8. The van der Waals surface area contributed by atoms with Gasteiger partial charge in [0, 0.05) is 72.2 Å². The van der Waals surface area contributed by atoms with Gasteiger partial charge in [-0.1, -0.05) is 0 Å². The highest BCUT2D eigenvalue weighted by molar-refractivity contribution is 8.76. The lowest BCUT2D eigenvalue weighted by atomic mass is 10.1. The van der Waals surface area contributed by atoms with E-state index in [2.05, 4.69) is 61.1 Å². The van der Waals surface area contributed by atoms with Crippen LogP contribution in [0.4, 0.5) is 0 Å². The number of hydrogen-bond donors (Lipinski definition) is 10. The number of thioether (sulfide) groups is 1. The lowest BCUT2D eigenvalue weighted by molar-refractivity contribution is -0.309.